The third kappa shape index (κ3) is 6.06. The summed E-state index contributed by atoms with van der Waals surface area (Å²) in [5.41, 5.74) is 14.4. The van der Waals surface area contributed by atoms with Crippen molar-refractivity contribution in [3.8, 4) is 73.2 Å². The zero-order valence-electron chi connectivity index (χ0n) is 33.5. The van der Waals surface area contributed by atoms with Crippen LogP contribution in [0, 0.1) is 0 Å². The maximum Gasteiger partial charge on any atom is 0.238 e. The highest BCUT2D eigenvalue weighted by molar-refractivity contribution is 6.21. The second-order valence-electron chi connectivity index (χ2n) is 15.6. The Morgan fingerprint density at radius 3 is 1.58 bits per heavy atom. The zero-order chi connectivity index (χ0) is 41.0. The van der Waals surface area contributed by atoms with E-state index in [0.29, 0.717) is 17.6 Å². The van der Waals surface area contributed by atoms with Crippen LogP contribution in [0.4, 0.5) is 0 Å². The normalized spacial score (nSPS) is 11.5. The van der Waals surface area contributed by atoms with E-state index in [9.17, 15) is 0 Å². The summed E-state index contributed by atoms with van der Waals surface area (Å²) < 4.78 is 9.18. The highest BCUT2D eigenvalue weighted by atomic mass is 16.3. The predicted octanol–water partition coefficient (Wildman–Crippen LogP) is 14.9. The summed E-state index contributed by atoms with van der Waals surface area (Å²) in [6.45, 7) is 0. The van der Waals surface area contributed by atoms with Crippen LogP contribution in [0.5, 0.6) is 0 Å². The first kappa shape index (κ1) is 35.5. The van der Waals surface area contributed by atoms with Gasteiger partial charge >= 0.3 is 0 Å². The minimum Gasteiger partial charge on any atom is -0.454 e. The van der Waals surface area contributed by atoms with Gasteiger partial charge in [0.15, 0.2) is 17.2 Å². The van der Waals surface area contributed by atoms with Gasteiger partial charge in [-0.05, 0) is 74.8 Å². The molecule has 0 saturated heterocycles. The van der Waals surface area contributed by atoms with Crippen molar-refractivity contribution in [3.05, 3.63) is 218 Å². The Morgan fingerprint density at radius 1 is 0.323 bits per heavy atom. The number of benzene rings is 9. The molecule has 3 aromatic heterocycles. The van der Waals surface area contributed by atoms with E-state index in [0.717, 1.165) is 88.3 Å². The van der Waals surface area contributed by atoms with Gasteiger partial charge in [0.1, 0.15) is 11.1 Å². The number of hydrogen-bond donors (Lipinski definition) is 0. The second-order valence-corrected chi connectivity index (χ2v) is 15.6. The van der Waals surface area contributed by atoms with Gasteiger partial charge in [-0.2, -0.15) is 9.97 Å². The van der Waals surface area contributed by atoms with Crippen molar-refractivity contribution < 1.29 is 4.42 Å². The fraction of sp³-hybridized carbons (Fsp3) is 0. The second kappa shape index (κ2) is 14.7. The molecule has 0 aliphatic carbocycles. The number of nitrogens with zero attached hydrogens (tertiary/aromatic N) is 4. The summed E-state index contributed by atoms with van der Waals surface area (Å²) in [7, 11) is 0. The van der Waals surface area contributed by atoms with Gasteiger partial charge in [0.2, 0.25) is 5.95 Å². The lowest BCUT2D eigenvalue weighted by Crippen LogP contribution is -2.06. The molecule has 12 aromatic rings. The van der Waals surface area contributed by atoms with Crippen molar-refractivity contribution in [3.63, 3.8) is 0 Å². The predicted molar refractivity (Wildman–Crippen MR) is 254 cm³/mol. The zero-order valence-corrected chi connectivity index (χ0v) is 33.5. The van der Waals surface area contributed by atoms with Crippen molar-refractivity contribution in [1.29, 1.82) is 0 Å². The van der Waals surface area contributed by atoms with Crippen LogP contribution in [-0.2, 0) is 0 Å². The van der Waals surface area contributed by atoms with Gasteiger partial charge in [0.25, 0.3) is 0 Å². The first-order valence-corrected chi connectivity index (χ1v) is 20.8. The maximum atomic E-state index is 7.02. The Balaban J connectivity index is 1.08. The van der Waals surface area contributed by atoms with Gasteiger partial charge in [-0.15, -0.1) is 0 Å². The van der Waals surface area contributed by atoms with Crippen molar-refractivity contribution in [2.45, 2.75) is 0 Å². The molecule has 62 heavy (non-hydrogen) atoms. The smallest absolute Gasteiger partial charge is 0.238 e. The number of hydrogen-bond acceptors (Lipinski definition) is 4. The standard InChI is InChI=1S/C57H36N4O/c1-4-15-37(16-5-1)39-27-29-41(30-28-39)55-58-56(44-22-14-21-42(35-44)38-17-6-2-7-18-38)60-57(59-55)61-51-26-13-12-25-47(51)49-33-34-50-48-32-31-43(36-52(48)62-54(50)53(49)61)46-24-11-10-23-45(46)40-19-8-3-9-20-40/h1-36H. The number of furan rings is 1. The molecule has 0 radical (unpaired) electrons. The molecule has 0 atom stereocenters. The molecule has 0 aliphatic heterocycles. The minimum atomic E-state index is 0.513. The Labute approximate surface area is 357 Å². The summed E-state index contributed by atoms with van der Waals surface area (Å²) >= 11 is 0. The Kier molecular flexibility index (Phi) is 8.42. The molecule has 0 bridgehead atoms. The van der Waals surface area contributed by atoms with E-state index in [-0.39, 0.29) is 0 Å². The Morgan fingerprint density at radius 2 is 0.839 bits per heavy atom. The molecular formula is C57H36N4O. The van der Waals surface area contributed by atoms with Crippen LogP contribution in [0.15, 0.2) is 223 Å². The molecule has 12 rings (SSSR count). The quantitative estimate of drug-likeness (QED) is 0.161. The molecule has 0 aliphatic rings. The average molecular weight is 793 g/mol. The third-order valence-electron chi connectivity index (χ3n) is 11.9. The van der Waals surface area contributed by atoms with Gasteiger partial charge in [-0.25, -0.2) is 4.98 Å². The van der Waals surface area contributed by atoms with Gasteiger partial charge in [-0.3, -0.25) is 4.57 Å². The molecule has 0 spiro atoms. The molecule has 5 heteroatoms. The van der Waals surface area contributed by atoms with E-state index >= 15 is 0 Å². The minimum absolute atomic E-state index is 0.513. The molecule has 290 valence electrons. The van der Waals surface area contributed by atoms with Crippen molar-refractivity contribution in [1.82, 2.24) is 19.5 Å². The maximum absolute atomic E-state index is 7.02. The SMILES string of the molecule is c1ccc(-c2ccc(-c3nc(-c4cccc(-c5ccccc5)c4)nc(-n4c5ccccc5c5ccc6c7ccc(-c8ccccc8-c8ccccc8)cc7oc6c54)n3)cc2)cc1. The van der Waals surface area contributed by atoms with Gasteiger partial charge < -0.3 is 4.42 Å². The lowest BCUT2D eigenvalue weighted by molar-refractivity contribution is 0.671. The first-order chi connectivity index (χ1) is 30.7. The monoisotopic (exact) mass is 792 g/mol. The van der Waals surface area contributed by atoms with Crippen LogP contribution in [-0.4, -0.2) is 19.5 Å². The number of rotatable bonds is 7. The molecule has 0 N–H and O–H groups in total. The van der Waals surface area contributed by atoms with E-state index < -0.39 is 0 Å². The molecule has 0 unspecified atom stereocenters. The van der Waals surface area contributed by atoms with Crippen molar-refractivity contribution >= 4 is 43.7 Å². The lowest BCUT2D eigenvalue weighted by atomic mass is 9.94. The summed E-state index contributed by atoms with van der Waals surface area (Å²) in [6, 6.07) is 76.2. The van der Waals surface area contributed by atoms with Crippen molar-refractivity contribution in [2.75, 3.05) is 0 Å². The van der Waals surface area contributed by atoms with E-state index in [4.69, 9.17) is 19.4 Å². The van der Waals surface area contributed by atoms with E-state index in [1.807, 2.05) is 12.1 Å². The summed E-state index contributed by atoms with van der Waals surface area (Å²) in [5, 5.41) is 4.22. The molecule has 3 heterocycles. The lowest BCUT2D eigenvalue weighted by Gasteiger charge is -2.12. The number of fused-ring (bicyclic) bond motifs is 7. The summed E-state index contributed by atoms with van der Waals surface area (Å²) in [5.74, 6) is 1.68. The van der Waals surface area contributed by atoms with Crippen LogP contribution in [0.25, 0.3) is 117 Å². The molecule has 0 saturated carbocycles. The Hall–Kier alpha value is -8.41. The van der Waals surface area contributed by atoms with Crippen molar-refractivity contribution in [2.24, 2.45) is 0 Å². The molecular weight excluding hydrogens is 757 g/mol. The molecule has 0 fully saturated rings. The number of aromatic nitrogens is 4. The highest BCUT2D eigenvalue weighted by Crippen LogP contribution is 2.42. The molecule has 5 nitrogen and oxygen atoms in total. The Bertz CT molecular complexity index is 3610. The topological polar surface area (TPSA) is 56.7 Å². The van der Waals surface area contributed by atoms with E-state index in [2.05, 4.69) is 211 Å². The summed E-state index contributed by atoms with van der Waals surface area (Å²) in [4.78, 5) is 15.8. The van der Waals surface area contributed by atoms with Crippen LogP contribution in [0.3, 0.4) is 0 Å². The third-order valence-corrected chi connectivity index (χ3v) is 11.9. The average Bonchev–Trinajstić information content (AvgIpc) is 3.90. The number of para-hydroxylation sites is 1. The van der Waals surface area contributed by atoms with Crippen LogP contribution >= 0.6 is 0 Å². The largest absolute Gasteiger partial charge is 0.454 e. The molecule has 0 amide bonds. The fourth-order valence-corrected chi connectivity index (χ4v) is 8.90. The summed E-state index contributed by atoms with van der Waals surface area (Å²) in [6.07, 6.45) is 0. The van der Waals surface area contributed by atoms with Crippen LogP contribution in [0.2, 0.25) is 0 Å². The van der Waals surface area contributed by atoms with Crippen LogP contribution in [0.1, 0.15) is 0 Å². The van der Waals surface area contributed by atoms with Crippen LogP contribution < -0.4 is 0 Å². The fourth-order valence-electron chi connectivity index (χ4n) is 8.90. The van der Waals surface area contributed by atoms with E-state index in [1.54, 1.807) is 0 Å². The highest BCUT2D eigenvalue weighted by Gasteiger charge is 2.23. The van der Waals surface area contributed by atoms with Gasteiger partial charge in [0, 0.05) is 32.7 Å². The molecule has 9 aromatic carbocycles. The first-order valence-electron chi connectivity index (χ1n) is 20.8. The van der Waals surface area contributed by atoms with Gasteiger partial charge in [0.05, 0.1) is 5.52 Å². The van der Waals surface area contributed by atoms with Gasteiger partial charge in [-0.1, -0.05) is 188 Å². The van der Waals surface area contributed by atoms with E-state index in [1.165, 1.54) is 11.1 Å².